The van der Waals surface area contributed by atoms with E-state index in [2.05, 4.69) is 12.1 Å². The van der Waals surface area contributed by atoms with Gasteiger partial charge in [0.15, 0.2) is 0 Å². The zero-order valence-electron chi connectivity index (χ0n) is 10.7. The first-order valence-corrected chi connectivity index (χ1v) is 6.50. The second kappa shape index (κ2) is 6.01. The SMILES string of the molecule is CC(=O)OC[C@@H]1[C@H](CO)[C@H]1CCc1ccccc1. The predicted octanol–water partition coefficient (Wildman–Crippen LogP) is 2.04. The van der Waals surface area contributed by atoms with Gasteiger partial charge in [0, 0.05) is 19.4 Å². The zero-order valence-corrected chi connectivity index (χ0v) is 10.7. The molecule has 98 valence electrons. The van der Waals surface area contributed by atoms with Crippen molar-refractivity contribution in [1.82, 2.24) is 0 Å². The van der Waals surface area contributed by atoms with E-state index >= 15 is 0 Å². The summed E-state index contributed by atoms with van der Waals surface area (Å²) in [6.45, 7) is 2.08. The van der Waals surface area contributed by atoms with Crippen LogP contribution >= 0.6 is 0 Å². The van der Waals surface area contributed by atoms with Crippen molar-refractivity contribution in [3.8, 4) is 0 Å². The zero-order chi connectivity index (χ0) is 13.0. The molecule has 1 aromatic rings. The van der Waals surface area contributed by atoms with Crippen LogP contribution in [-0.2, 0) is 16.0 Å². The van der Waals surface area contributed by atoms with Gasteiger partial charge >= 0.3 is 5.97 Å². The van der Waals surface area contributed by atoms with E-state index in [-0.39, 0.29) is 12.6 Å². The first kappa shape index (κ1) is 13.1. The Bertz CT molecular complexity index is 388. The largest absolute Gasteiger partial charge is 0.466 e. The van der Waals surface area contributed by atoms with Crippen LogP contribution in [0, 0.1) is 17.8 Å². The Morgan fingerprint density at radius 3 is 2.56 bits per heavy atom. The Kier molecular flexibility index (Phi) is 4.37. The maximum absolute atomic E-state index is 10.8. The number of aliphatic hydroxyl groups excluding tert-OH is 1. The number of carbonyl (C=O) groups excluding carboxylic acids is 1. The molecule has 2 rings (SSSR count). The summed E-state index contributed by atoms with van der Waals surface area (Å²) in [5, 5.41) is 9.27. The van der Waals surface area contributed by atoms with Gasteiger partial charge < -0.3 is 9.84 Å². The first-order chi connectivity index (χ1) is 8.72. The van der Waals surface area contributed by atoms with E-state index < -0.39 is 0 Å². The van der Waals surface area contributed by atoms with Crippen LogP contribution in [0.4, 0.5) is 0 Å². The first-order valence-electron chi connectivity index (χ1n) is 6.50. The summed E-state index contributed by atoms with van der Waals surface area (Å²) < 4.78 is 5.03. The standard InChI is InChI=1S/C15H20O3/c1-11(17)18-10-15-13(14(15)9-16)8-7-12-5-3-2-4-6-12/h2-6,13-16H,7-10H2,1H3/t13-,14-,15+/m1/s1. The van der Waals surface area contributed by atoms with Gasteiger partial charge in [0.05, 0.1) is 6.61 Å². The minimum absolute atomic E-state index is 0.200. The lowest BCUT2D eigenvalue weighted by Gasteiger charge is -2.01. The number of aliphatic hydroxyl groups is 1. The molecule has 1 aromatic carbocycles. The van der Waals surface area contributed by atoms with Crippen molar-refractivity contribution in [2.75, 3.05) is 13.2 Å². The summed E-state index contributed by atoms with van der Waals surface area (Å²) in [4.78, 5) is 10.8. The van der Waals surface area contributed by atoms with Crippen LogP contribution in [0.1, 0.15) is 18.9 Å². The Morgan fingerprint density at radius 1 is 1.22 bits per heavy atom. The second-order valence-electron chi connectivity index (χ2n) is 5.00. The fourth-order valence-corrected chi connectivity index (χ4v) is 2.66. The third-order valence-corrected chi connectivity index (χ3v) is 3.81. The number of hydrogen-bond donors (Lipinski definition) is 1. The fourth-order valence-electron chi connectivity index (χ4n) is 2.66. The molecule has 0 spiro atoms. The molecule has 3 atom stereocenters. The van der Waals surface area contributed by atoms with E-state index in [4.69, 9.17) is 4.74 Å². The lowest BCUT2D eigenvalue weighted by atomic mass is 10.1. The maximum atomic E-state index is 10.8. The molecule has 0 saturated heterocycles. The number of carbonyl (C=O) groups is 1. The predicted molar refractivity (Wildman–Crippen MR) is 69.0 cm³/mol. The van der Waals surface area contributed by atoms with Crippen molar-refractivity contribution >= 4 is 5.97 Å². The lowest BCUT2D eigenvalue weighted by Crippen LogP contribution is -2.04. The number of hydrogen-bond acceptors (Lipinski definition) is 3. The van der Waals surface area contributed by atoms with Crippen LogP contribution in [-0.4, -0.2) is 24.3 Å². The smallest absolute Gasteiger partial charge is 0.302 e. The van der Waals surface area contributed by atoms with Crippen molar-refractivity contribution < 1.29 is 14.6 Å². The van der Waals surface area contributed by atoms with E-state index in [1.54, 1.807) is 0 Å². The third kappa shape index (κ3) is 3.33. The molecule has 0 amide bonds. The summed E-state index contributed by atoms with van der Waals surface area (Å²) in [5.41, 5.74) is 1.33. The monoisotopic (exact) mass is 248 g/mol. The Morgan fingerprint density at radius 2 is 1.94 bits per heavy atom. The van der Waals surface area contributed by atoms with Crippen molar-refractivity contribution in [1.29, 1.82) is 0 Å². The van der Waals surface area contributed by atoms with Crippen molar-refractivity contribution in [3.05, 3.63) is 35.9 Å². The molecule has 0 unspecified atom stereocenters. The molecule has 0 bridgehead atoms. The van der Waals surface area contributed by atoms with Crippen LogP contribution in [0.5, 0.6) is 0 Å². The normalized spacial score (nSPS) is 25.8. The van der Waals surface area contributed by atoms with Crippen molar-refractivity contribution in [2.24, 2.45) is 17.8 Å². The molecule has 0 heterocycles. The highest BCUT2D eigenvalue weighted by Crippen LogP contribution is 2.48. The lowest BCUT2D eigenvalue weighted by molar-refractivity contribution is -0.141. The molecule has 3 nitrogen and oxygen atoms in total. The average Bonchev–Trinajstić information content (AvgIpc) is 3.07. The Hall–Kier alpha value is -1.35. The number of ether oxygens (including phenoxy) is 1. The number of aryl methyl sites for hydroxylation is 1. The molecule has 0 radical (unpaired) electrons. The van der Waals surface area contributed by atoms with Crippen molar-refractivity contribution in [2.45, 2.75) is 19.8 Å². The molecule has 0 aliphatic heterocycles. The van der Waals surface area contributed by atoms with Gasteiger partial charge in [0.1, 0.15) is 0 Å². The third-order valence-electron chi connectivity index (χ3n) is 3.81. The molecule has 18 heavy (non-hydrogen) atoms. The van der Waals surface area contributed by atoms with Gasteiger partial charge in [-0.3, -0.25) is 4.79 Å². The second-order valence-corrected chi connectivity index (χ2v) is 5.00. The molecule has 3 heteroatoms. The summed E-state index contributed by atoms with van der Waals surface area (Å²) in [6.07, 6.45) is 2.08. The highest BCUT2D eigenvalue weighted by Gasteiger charge is 2.49. The van der Waals surface area contributed by atoms with Gasteiger partial charge in [-0.25, -0.2) is 0 Å². The van der Waals surface area contributed by atoms with Gasteiger partial charge in [-0.15, -0.1) is 0 Å². The highest BCUT2D eigenvalue weighted by atomic mass is 16.5. The number of benzene rings is 1. The minimum atomic E-state index is -0.236. The topological polar surface area (TPSA) is 46.5 Å². The fraction of sp³-hybridized carbons (Fsp3) is 0.533. The molecule has 1 fully saturated rings. The summed E-state index contributed by atoms with van der Waals surface area (Å²) in [5.74, 6) is 0.922. The average molecular weight is 248 g/mol. The minimum Gasteiger partial charge on any atom is -0.466 e. The van der Waals surface area contributed by atoms with Gasteiger partial charge in [-0.1, -0.05) is 30.3 Å². The van der Waals surface area contributed by atoms with E-state index in [0.29, 0.717) is 24.4 Å². The molecule has 0 aromatic heterocycles. The van der Waals surface area contributed by atoms with Crippen LogP contribution in [0.2, 0.25) is 0 Å². The number of esters is 1. The van der Waals surface area contributed by atoms with Crippen LogP contribution in [0.25, 0.3) is 0 Å². The van der Waals surface area contributed by atoms with E-state index in [9.17, 15) is 9.90 Å². The molecule has 1 N–H and O–H groups in total. The van der Waals surface area contributed by atoms with Gasteiger partial charge in [0.25, 0.3) is 0 Å². The molecular weight excluding hydrogens is 228 g/mol. The summed E-state index contributed by atoms with van der Waals surface area (Å²) in [7, 11) is 0. The Labute approximate surface area is 108 Å². The number of rotatable bonds is 6. The van der Waals surface area contributed by atoms with E-state index in [1.807, 2.05) is 18.2 Å². The quantitative estimate of drug-likeness (QED) is 0.784. The summed E-state index contributed by atoms with van der Waals surface area (Å²) in [6, 6.07) is 10.3. The molecule has 1 aliphatic carbocycles. The van der Waals surface area contributed by atoms with Gasteiger partial charge in [-0.05, 0) is 30.2 Å². The van der Waals surface area contributed by atoms with Crippen LogP contribution in [0.3, 0.4) is 0 Å². The van der Waals surface area contributed by atoms with Crippen molar-refractivity contribution in [3.63, 3.8) is 0 Å². The van der Waals surface area contributed by atoms with Crippen LogP contribution < -0.4 is 0 Å². The van der Waals surface area contributed by atoms with E-state index in [0.717, 1.165) is 12.8 Å². The molecule has 1 aliphatic rings. The highest BCUT2D eigenvalue weighted by molar-refractivity contribution is 5.65. The van der Waals surface area contributed by atoms with Gasteiger partial charge in [0.2, 0.25) is 0 Å². The van der Waals surface area contributed by atoms with E-state index in [1.165, 1.54) is 12.5 Å². The van der Waals surface area contributed by atoms with Gasteiger partial charge in [-0.2, -0.15) is 0 Å². The maximum Gasteiger partial charge on any atom is 0.302 e. The molecular formula is C15H20O3. The van der Waals surface area contributed by atoms with Crippen LogP contribution in [0.15, 0.2) is 30.3 Å². The summed E-state index contributed by atoms with van der Waals surface area (Å²) >= 11 is 0. The molecule has 1 saturated carbocycles. The Balaban J connectivity index is 1.77.